The fourth-order valence-corrected chi connectivity index (χ4v) is 4.75. The molecular weight excluding hydrogens is 407 g/mol. The van der Waals surface area contributed by atoms with E-state index < -0.39 is 27.1 Å². The molecule has 0 saturated carbocycles. The molecule has 2 aromatic carbocycles. The van der Waals surface area contributed by atoms with Crippen LogP contribution in [-0.2, 0) is 21.3 Å². The Morgan fingerprint density at radius 2 is 1.97 bits per heavy atom. The van der Waals surface area contributed by atoms with E-state index in [0.29, 0.717) is 11.5 Å². The van der Waals surface area contributed by atoms with Crippen LogP contribution in [0.4, 0.5) is 4.39 Å². The Morgan fingerprint density at radius 3 is 2.63 bits per heavy atom. The van der Waals surface area contributed by atoms with Crippen molar-refractivity contribution < 1.29 is 22.3 Å². The number of methoxy groups -OCH3 is 1. The molecule has 1 aliphatic rings. The van der Waals surface area contributed by atoms with E-state index in [4.69, 9.17) is 0 Å². The number of esters is 1. The van der Waals surface area contributed by atoms with E-state index in [9.17, 15) is 17.6 Å². The van der Waals surface area contributed by atoms with Crippen LogP contribution in [0.1, 0.15) is 58.0 Å². The number of halogens is 1. The maximum absolute atomic E-state index is 14.3. The molecule has 0 aliphatic carbocycles. The van der Waals surface area contributed by atoms with Crippen LogP contribution < -0.4 is 10.0 Å². The number of carbonyl (C=O) groups is 1. The smallest absolute Gasteiger partial charge is 0.337 e. The molecule has 162 valence electrons. The number of sulfonamides is 1. The largest absolute Gasteiger partial charge is 0.465 e. The third kappa shape index (κ3) is 5.24. The molecule has 1 fully saturated rings. The summed E-state index contributed by atoms with van der Waals surface area (Å²) >= 11 is 0. The van der Waals surface area contributed by atoms with E-state index in [1.807, 2.05) is 18.2 Å². The van der Waals surface area contributed by atoms with Gasteiger partial charge in [0.05, 0.1) is 17.9 Å². The Morgan fingerprint density at radius 1 is 1.23 bits per heavy atom. The number of carbonyl (C=O) groups excluding carboxylic acids is 1. The topological polar surface area (TPSA) is 84.5 Å². The van der Waals surface area contributed by atoms with Crippen molar-refractivity contribution >= 4 is 16.0 Å². The van der Waals surface area contributed by atoms with Crippen LogP contribution >= 0.6 is 0 Å². The number of piperidine rings is 1. The zero-order valence-electron chi connectivity index (χ0n) is 17.2. The molecule has 8 heteroatoms. The average molecular weight is 435 g/mol. The first-order valence-electron chi connectivity index (χ1n) is 9.97. The Balaban J connectivity index is 1.70. The molecule has 0 amide bonds. The molecule has 6 nitrogen and oxygen atoms in total. The third-order valence-corrected chi connectivity index (χ3v) is 7.34. The van der Waals surface area contributed by atoms with E-state index in [-0.39, 0.29) is 17.7 Å². The van der Waals surface area contributed by atoms with E-state index in [0.717, 1.165) is 37.6 Å². The van der Waals surface area contributed by atoms with E-state index in [2.05, 4.69) is 14.8 Å². The highest BCUT2D eigenvalue weighted by molar-refractivity contribution is 7.89. The van der Waals surface area contributed by atoms with Crippen molar-refractivity contribution in [1.29, 1.82) is 0 Å². The Labute approximate surface area is 176 Å². The SMILES string of the molecule is COC(=O)c1ccc(CNS(=O)(=O)C(C)c2cccc(C3CCNCC3)c2)c(F)c1. The first-order chi connectivity index (χ1) is 14.3. The highest BCUT2D eigenvalue weighted by atomic mass is 32.2. The number of ether oxygens (including phenoxy) is 1. The van der Waals surface area contributed by atoms with Crippen molar-refractivity contribution in [2.75, 3.05) is 20.2 Å². The maximum atomic E-state index is 14.3. The summed E-state index contributed by atoms with van der Waals surface area (Å²) in [5.41, 5.74) is 2.09. The third-order valence-electron chi connectivity index (χ3n) is 5.59. The Hall–Kier alpha value is -2.29. The van der Waals surface area contributed by atoms with Crippen LogP contribution in [0.25, 0.3) is 0 Å². The van der Waals surface area contributed by atoms with Crippen molar-refractivity contribution in [3.63, 3.8) is 0 Å². The minimum atomic E-state index is -3.73. The summed E-state index contributed by atoms with van der Waals surface area (Å²) in [6.07, 6.45) is 2.06. The molecule has 1 unspecified atom stereocenters. The second-order valence-corrected chi connectivity index (χ2v) is 9.59. The molecule has 0 spiro atoms. The summed E-state index contributed by atoms with van der Waals surface area (Å²) in [6, 6.07) is 11.5. The predicted octanol–water partition coefficient (Wildman–Crippen LogP) is 3.26. The van der Waals surface area contributed by atoms with Gasteiger partial charge in [-0.3, -0.25) is 0 Å². The lowest BCUT2D eigenvalue weighted by atomic mass is 9.89. The maximum Gasteiger partial charge on any atom is 0.337 e. The minimum Gasteiger partial charge on any atom is -0.465 e. The number of benzene rings is 2. The van der Waals surface area contributed by atoms with Crippen LogP contribution in [0.3, 0.4) is 0 Å². The summed E-state index contributed by atoms with van der Waals surface area (Å²) in [4.78, 5) is 11.5. The number of nitrogens with one attached hydrogen (secondary N) is 2. The van der Waals surface area contributed by atoms with Crippen molar-refractivity contribution in [1.82, 2.24) is 10.0 Å². The van der Waals surface area contributed by atoms with Crippen LogP contribution in [0, 0.1) is 5.82 Å². The van der Waals surface area contributed by atoms with Gasteiger partial charge in [-0.15, -0.1) is 0 Å². The Kier molecular flexibility index (Phi) is 7.23. The summed E-state index contributed by atoms with van der Waals surface area (Å²) in [7, 11) is -2.52. The van der Waals surface area contributed by atoms with Gasteiger partial charge in [-0.05, 0) is 62.0 Å². The van der Waals surface area contributed by atoms with Gasteiger partial charge in [0, 0.05) is 12.1 Å². The van der Waals surface area contributed by atoms with Crippen LogP contribution in [0.2, 0.25) is 0 Å². The minimum absolute atomic E-state index is 0.0738. The average Bonchev–Trinajstić information content (AvgIpc) is 2.77. The molecule has 0 aromatic heterocycles. The quantitative estimate of drug-likeness (QED) is 0.654. The first-order valence-corrected chi connectivity index (χ1v) is 11.5. The lowest BCUT2D eigenvalue weighted by Crippen LogP contribution is -2.28. The normalized spacial score (nSPS) is 16.2. The van der Waals surface area contributed by atoms with Gasteiger partial charge in [-0.25, -0.2) is 22.3 Å². The summed E-state index contributed by atoms with van der Waals surface area (Å²) in [5, 5.41) is 2.55. The van der Waals surface area contributed by atoms with E-state index >= 15 is 0 Å². The van der Waals surface area contributed by atoms with Gasteiger partial charge in [0.15, 0.2) is 0 Å². The van der Waals surface area contributed by atoms with Crippen molar-refractivity contribution in [3.05, 3.63) is 70.5 Å². The molecule has 1 aliphatic heterocycles. The van der Waals surface area contributed by atoms with Crippen molar-refractivity contribution in [3.8, 4) is 0 Å². The van der Waals surface area contributed by atoms with Crippen LogP contribution in [0.5, 0.6) is 0 Å². The van der Waals surface area contributed by atoms with Crippen LogP contribution in [0.15, 0.2) is 42.5 Å². The van der Waals surface area contributed by atoms with Gasteiger partial charge >= 0.3 is 5.97 Å². The molecule has 0 radical (unpaired) electrons. The molecule has 2 N–H and O–H groups in total. The standard InChI is InChI=1S/C22H27FN2O4S/c1-15(17-4-3-5-18(12-17)16-8-10-24-11-9-16)30(27,28)25-14-20-7-6-19(13-21(20)23)22(26)29-2/h3-7,12-13,15-16,24-25H,8-11,14H2,1-2H3. The lowest BCUT2D eigenvalue weighted by molar-refractivity contribution is 0.0600. The molecule has 2 aromatic rings. The van der Waals surface area contributed by atoms with Gasteiger partial charge in [0.25, 0.3) is 0 Å². The molecule has 1 saturated heterocycles. The Bertz CT molecular complexity index is 1000. The summed E-state index contributed by atoms with van der Waals surface area (Å²) in [5.74, 6) is -0.888. The molecule has 0 bridgehead atoms. The molecule has 1 atom stereocenters. The predicted molar refractivity (Wildman–Crippen MR) is 113 cm³/mol. The lowest BCUT2D eigenvalue weighted by Gasteiger charge is -2.24. The fourth-order valence-electron chi connectivity index (χ4n) is 3.64. The van der Waals surface area contributed by atoms with Crippen LogP contribution in [-0.4, -0.2) is 34.6 Å². The monoisotopic (exact) mass is 434 g/mol. The van der Waals surface area contributed by atoms with Gasteiger partial charge in [-0.1, -0.05) is 30.3 Å². The summed E-state index contributed by atoms with van der Waals surface area (Å²) < 4.78 is 46.9. The highest BCUT2D eigenvalue weighted by Gasteiger charge is 2.24. The van der Waals surface area contributed by atoms with Crippen molar-refractivity contribution in [2.24, 2.45) is 0 Å². The second kappa shape index (κ2) is 9.68. The zero-order chi connectivity index (χ0) is 21.7. The zero-order valence-corrected chi connectivity index (χ0v) is 18.0. The molecule has 30 heavy (non-hydrogen) atoms. The van der Waals surface area contributed by atoms with Crippen molar-refractivity contribution in [2.45, 2.75) is 37.5 Å². The fraction of sp³-hybridized carbons (Fsp3) is 0.409. The molecular formula is C22H27FN2O4S. The van der Waals surface area contributed by atoms with E-state index in [1.165, 1.54) is 19.2 Å². The van der Waals surface area contributed by atoms with Gasteiger partial charge in [-0.2, -0.15) is 0 Å². The number of hydrogen-bond acceptors (Lipinski definition) is 5. The van der Waals surface area contributed by atoms with Gasteiger partial charge < -0.3 is 10.1 Å². The van der Waals surface area contributed by atoms with E-state index in [1.54, 1.807) is 13.0 Å². The number of hydrogen-bond donors (Lipinski definition) is 2. The second-order valence-electron chi connectivity index (χ2n) is 7.50. The molecule has 3 rings (SSSR count). The first kappa shape index (κ1) is 22.4. The van der Waals surface area contributed by atoms with Gasteiger partial charge in [0.1, 0.15) is 5.82 Å². The highest BCUT2D eigenvalue weighted by Crippen LogP contribution is 2.29. The number of rotatable bonds is 7. The summed E-state index contributed by atoms with van der Waals surface area (Å²) in [6.45, 7) is 3.35. The molecule has 1 heterocycles. The van der Waals surface area contributed by atoms with Gasteiger partial charge in [0.2, 0.25) is 10.0 Å².